The Morgan fingerprint density at radius 3 is 1.02 bits per heavy atom. The van der Waals surface area contributed by atoms with E-state index in [1.165, 1.54) is 0 Å². The van der Waals surface area contributed by atoms with Crippen molar-refractivity contribution in [1.82, 2.24) is 62.5 Å². The number of nitrogens with zero attached hydrogens (tertiary/aromatic N) is 4. The number of amides is 4. The molecule has 16 atom stereocenters. The molecule has 2 unspecified atom stereocenters. The number of H-pyrrole nitrogens is 4. The third kappa shape index (κ3) is 9.18. The van der Waals surface area contributed by atoms with Crippen molar-refractivity contribution < 1.29 is 43.6 Å². The van der Waals surface area contributed by atoms with Crippen LogP contribution in [0.25, 0.3) is 0 Å². The lowest BCUT2D eigenvalue weighted by Crippen LogP contribution is -2.78. The zero-order valence-electron chi connectivity index (χ0n) is 40.9. The molecule has 29 nitrogen and oxygen atoms in total. The van der Waals surface area contributed by atoms with Crippen LogP contribution in [-0.4, -0.2) is 163 Å². The van der Waals surface area contributed by atoms with E-state index in [4.69, 9.17) is 47.1 Å². The molecule has 4 amide bonds. The molecule has 37 heteroatoms. The average Bonchev–Trinajstić information content (AvgIpc) is 2.63. The van der Waals surface area contributed by atoms with E-state index in [0.717, 1.165) is 0 Å². The number of ether oxygens (including phenoxy) is 3. The molecule has 0 aromatic carbocycles. The zero-order chi connectivity index (χ0) is 57.6. The minimum Gasteiger partial charge on any atom is -0.370 e. The minimum atomic E-state index is -2.20. The maximum absolute atomic E-state index is 14.4. The third-order valence-electron chi connectivity index (χ3n) is 16.3. The van der Waals surface area contributed by atoms with Crippen LogP contribution in [0.2, 0.25) is 0 Å². The second-order valence-electron chi connectivity index (χ2n) is 20.6. The van der Waals surface area contributed by atoms with Gasteiger partial charge in [0.25, 0.3) is 23.6 Å². The standard InChI is InChI=1S/C44H46Br8N20O9/c45-13-1-17(61-25(13)49)29(73)57-5-9-11(7-59-31(75)19-3-15(47)27(51)63-19)23(41-21(9)43(77)35(67-39(55)71-43)80-33(41)65-37(53)69-41)79-24-12(8-60-32(76)20-4-16(48)28(52)64-20)10(6-58-30(74)18-2-14(46)26(50)62-18)22-42(24)34(66-38(54)70-42)81-36-44(22,78)72-40(56)68-36/h1-4,9-12,21-24,33-36,61-64,77-78H,5-8H2,(H,57,73)(H,58,74)(H,59,75)(H,60,76)(H3,53,65,69)(H3,54,66,70)(H3,55,67,71)(H3,56,68,72)/t9-,10-,11-,12+,21+,22-,23-,24?,33+,34-,35-,36-,41+,42-,43?,44-/m1/s1. The molecule has 8 aliphatic rings. The lowest BCUT2D eigenvalue weighted by Gasteiger charge is -2.54. The number of aliphatic imine (C=N–C) groups is 4. The molecule has 0 radical (unpaired) electrons. The molecule has 2 saturated carbocycles. The van der Waals surface area contributed by atoms with E-state index in [1.54, 1.807) is 24.3 Å². The van der Waals surface area contributed by atoms with Crippen molar-refractivity contribution in [2.75, 3.05) is 26.2 Å². The first-order valence-electron chi connectivity index (χ1n) is 24.5. The van der Waals surface area contributed by atoms with Gasteiger partial charge in [-0.3, -0.25) is 19.2 Å². The number of halogens is 8. The fourth-order valence-corrected chi connectivity index (χ4v) is 16.0. The van der Waals surface area contributed by atoms with Gasteiger partial charge in [-0.05, 0) is 164 Å². The van der Waals surface area contributed by atoms with Crippen molar-refractivity contribution in [3.05, 3.63) is 83.3 Å². The Hall–Kier alpha value is -4.28. The molecule has 12 rings (SSSR count). The van der Waals surface area contributed by atoms with Crippen LogP contribution in [0, 0.1) is 35.5 Å². The predicted molar refractivity (Wildman–Crippen MR) is 315 cm³/mol. The molecule has 22 N–H and O–H groups in total. The largest absolute Gasteiger partial charge is 0.370 e. The SMILES string of the molecule is NC1=N[C@@H]2O[C@@H]3N=C(N)N[C@@]34[C@H](OC3[C@@H](CNC(=O)c5cc(Br)c(Br)[nH]5)[C@@H](CNC(=O)c5cc(Br)c(Br)[nH]5)[C@H]5[C@]6(O)NC(N)=N[C@@H]6O[C@H]6N=C(N)N[C@]365)[C@H](CNC(=O)c3cc(Br)c(Br)[nH]3)[C@@H](CNC(=O)c3cc(Br)c(Br)[nH]3)[C@@H]4C2(O)N1. The normalized spacial score (nSPS) is 35.5. The van der Waals surface area contributed by atoms with Crippen molar-refractivity contribution in [1.29, 1.82) is 0 Å². The van der Waals surface area contributed by atoms with E-state index in [0.29, 0.717) is 36.3 Å². The van der Waals surface area contributed by atoms with E-state index in [-0.39, 0.29) is 72.8 Å². The van der Waals surface area contributed by atoms with Crippen LogP contribution in [0.3, 0.4) is 0 Å². The Bertz CT molecular complexity index is 3150. The number of aliphatic hydroxyl groups is 2. The molecule has 4 aromatic rings. The lowest BCUT2D eigenvalue weighted by molar-refractivity contribution is -0.265. The van der Waals surface area contributed by atoms with Gasteiger partial charge in [-0.25, -0.2) is 20.0 Å². The van der Waals surface area contributed by atoms with Gasteiger partial charge in [0, 0.05) is 49.9 Å². The molecule has 10 heterocycles. The first-order chi connectivity index (χ1) is 38.4. The number of carbonyl (C=O) groups excluding carboxylic acids is 4. The molecule has 6 aliphatic heterocycles. The van der Waals surface area contributed by atoms with E-state index < -0.39 is 119 Å². The number of fused-ring (bicyclic) bond motifs is 4. The van der Waals surface area contributed by atoms with Crippen molar-refractivity contribution in [2.24, 2.45) is 78.4 Å². The van der Waals surface area contributed by atoms with Crippen LogP contribution >= 0.6 is 127 Å². The van der Waals surface area contributed by atoms with Crippen LogP contribution < -0.4 is 65.5 Å². The number of rotatable bonds is 14. The highest BCUT2D eigenvalue weighted by molar-refractivity contribution is 9.14. The number of hydrogen-bond donors (Lipinski definition) is 18. The fraction of sp³-hybridized carbons (Fsp3) is 0.455. The van der Waals surface area contributed by atoms with Crippen LogP contribution in [-0.2, 0) is 14.2 Å². The van der Waals surface area contributed by atoms with Crippen molar-refractivity contribution >= 4 is 175 Å². The van der Waals surface area contributed by atoms with Gasteiger partial charge < -0.3 is 110 Å². The Morgan fingerprint density at radius 1 is 0.469 bits per heavy atom. The predicted octanol–water partition coefficient (Wildman–Crippen LogP) is 0.488. The summed E-state index contributed by atoms with van der Waals surface area (Å²) in [5.41, 5.74) is 18.9. The molecule has 432 valence electrons. The molecular formula is C44H46Br8N20O9. The summed E-state index contributed by atoms with van der Waals surface area (Å²) in [7, 11) is 0. The van der Waals surface area contributed by atoms with Crippen LogP contribution in [0.1, 0.15) is 42.0 Å². The second-order valence-corrected chi connectivity index (χ2v) is 27.2. The number of nitrogens with two attached hydrogens (primary N) is 4. The van der Waals surface area contributed by atoms with Crippen molar-refractivity contribution in [3.63, 3.8) is 0 Å². The first-order valence-corrected chi connectivity index (χ1v) is 30.9. The van der Waals surface area contributed by atoms with Gasteiger partial charge in [-0.2, -0.15) is 0 Å². The van der Waals surface area contributed by atoms with Crippen LogP contribution in [0.15, 0.2) is 80.5 Å². The summed E-state index contributed by atoms with van der Waals surface area (Å²) in [5, 5.41) is 51.4. The fourth-order valence-electron chi connectivity index (χ4n) is 13.4. The molecule has 81 heavy (non-hydrogen) atoms. The summed E-state index contributed by atoms with van der Waals surface area (Å²) < 4.78 is 25.4. The number of aromatic amines is 4. The number of nitrogens with one attached hydrogen (secondary N) is 12. The molecule has 2 aliphatic carbocycles. The van der Waals surface area contributed by atoms with Gasteiger partial charge in [0.05, 0.1) is 48.5 Å². The van der Waals surface area contributed by atoms with E-state index >= 15 is 0 Å². The lowest BCUT2D eigenvalue weighted by atomic mass is 9.70. The third-order valence-corrected chi connectivity index (χ3v) is 23.4. The highest BCUT2D eigenvalue weighted by Crippen LogP contribution is 2.63. The van der Waals surface area contributed by atoms with Gasteiger partial charge in [0.15, 0.2) is 47.7 Å². The maximum atomic E-state index is 14.4. The topological polar surface area (TPSA) is 449 Å². The highest BCUT2D eigenvalue weighted by atomic mass is 79.9. The molecule has 2 spiro atoms. The summed E-state index contributed by atoms with van der Waals surface area (Å²) in [6.07, 6.45) is -8.21. The first kappa shape index (κ1) is 57.2. The molecule has 4 fully saturated rings. The Kier molecular flexibility index (Phi) is 14.6. The van der Waals surface area contributed by atoms with E-state index in [2.05, 4.69) is 200 Å². The van der Waals surface area contributed by atoms with Gasteiger partial charge in [-0.15, -0.1) is 0 Å². The Morgan fingerprint density at radius 2 is 0.741 bits per heavy atom. The number of aromatic nitrogens is 4. The molecule has 0 bridgehead atoms. The zero-order valence-corrected chi connectivity index (χ0v) is 53.6. The molecule has 2 saturated heterocycles. The van der Waals surface area contributed by atoms with Gasteiger partial charge >= 0.3 is 0 Å². The Labute approximate surface area is 523 Å². The average molecular weight is 1640 g/mol. The van der Waals surface area contributed by atoms with Gasteiger partial charge in [0.1, 0.15) is 33.9 Å². The van der Waals surface area contributed by atoms with E-state index in [9.17, 15) is 29.4 Å². The second kappa shape index (κ2) is 20.8. The summed E-state index contributed by atoms with van der Waals surface area (Å²) in [4.78, 5) is 87.6. The minimum absolute atomic E-state index is 0.128. The Balaban J connectivity index is 1.03. The van der Waals surface area contributed by atoms with Crippen LogP contribution in [0.4, 0.5) is 0 Å². The number of guanidine groups is 4. The van der Waals surface area contributed by atoms with Gasteiger partial charge in [-0.1, -0.05) is 0 Å². The summed E-state index contributed by atoms with van der Waals surface area (Å²) in [6, 6.07) is 6.32. The molecule has 4 aromatic heterocycles. The van der Waals surface area contributed by atoms with Crippen molar-refractivity contribution in [2.45, 2.75) is 59.6 Å². The summed E-state index contributed by atoms with van der Waals surface area (Å²) >= 11 is 27.4. The monoisotopic (exact) mass is 1630 g/mol. The maximum Gasteiger partial charge on any atom is 0.267 e. The quantitative estimate of drug-likeness (QED) is 0.0817. The number of carbonyl (C=O) groups is 4. The van der Waals surface area contributed by atoms with Crippen molar-refractivity contribution in [3.8, 4) is 0 Å². The number of hydrogen-bond acceptors (Lipinski definition) is 21. The van der Waals surface area contributed by atoms with Crippen LogP contribution in [0.5, 0.6) is 0 Å². The van der Waals surface area contributed by atoms with E-state index in [1.807, 2.05) is 0 Å². The van der Waals surface area contributed by atoms with Gasteiger partial charge in [0.2, 0.25) is 12.5 Å². The molecular weight excluding hydrogens is 1590 g/mol. The summed E-state index contributed by atoms with van der Waals surface area (Å²) in [6.45, 7) is -0.919. The smallest absolute Gasteiger partial charge is 0.267 e. The summed E-state index contributed by atoms with van der Waals surface area (Å²) in [5.74, 6) is -9.17. The highest BCUT2D eigenvalue weighted by Gasteiger charge is 2.81.